The van der Waals surface area contributed by atoms with Crippen LogP contribution in [0.25, 0.3) is 0 Å². The van der Waals surface area contributed by atoms with Crippen LogP contribution in [-0.4, -0.2) is 11.5 Å². The van der Waals surface area contributed by atoms with Gasteiger partial charge in [-0.25, -0.2) is 0 Å². The molecule has 3 unspecified atom stereocenters. The second-order valence-electron chi connectivity index (χ2n) is 5.71. The summed E-state index contributed by atoms with van der Waals surface area (Å²) in [5, 5.41) is 14.6. The molecule has 2 aliphatic carbocycles. The van der Waals surface area contributed by atoms with Crippen LogP contribution in [-0.2, 0) is 0 Å². The summed E-state index contributed by atoms with van der Waals surface area (Å²) in [4.78, 5) is 10.6. The Morgan fingerprint density at radius 3 is 2.84 bits per heavy atom. The molecule has 0 aliphatic heterocycles. The van der Waals surface area contributed by atoms with Crippen LogP contribution in [0.1, 0.15) is 25.7 Å². The Labute approximate surface area is 117 Å². The molecule has 4 nitrogen and oxygen atoms in total. The molecule has 1 N–H and O–H groups in total. The van der Waals surface area contributed by atoms with E-state index in [4.69, 9.17) is 11.6 Å². The van der Waals surface area contributed by atoms with Crippen LogP contribution in [0.3, 0.4) is 0 Å². The summed E-state index contributed by atoms with van der Waals surface area (Å²) in [5.41, 5.74) is 0.535. The maximum atomic E-state index is 11.0. The lowest BCUT2D eigenvalue weighted by Gasteiger charge is -2.22. The molecule has 3 atom stereocenters. The minimum absolute atomic E-state index is 0.0654. The quantitative estimate of drug-likeness (QED) is 0.667. The number of rotatable bonds is 4. The fourth-order valence-electron chi connectivity index (χ4n) is 3.70. The number of nitro benzene ring substituents is 1. The third-order valence-electron chi connectivity index (χ3n) is 4.61. The predicted octanol–water partition coefficient (Wildman–Crippen LogP) is 4.10. The maximum absolute atomic E-state index is 11.0. The van der Waals surface area contributed by atoms with Crippen molar-refractivity contribution in [3.05, 3.63) is 33.3 Å². The summed E-state index contributed by atoms with van der Waals surface area (Å²) >= 11 is 6.07. The number of nitro groups is 1. The van der Waals surface area contributed by atoms with Gasteiger partial charge in [0.15, 0.2) is 0 Å². The zero-order chi connectivity index (χ0) is 13.4. The zero-order valence-electron chi connectivity index (χ0n) is 10.6. The highest BCUT2D eigenvalue weighted by atomic mass is 35.5. The Morgan fingerprint density at radius 1 is 1.37 bits per heavy atom. The Morgan fingerprint density at radius 2 is 2.21 bits per heavy atom. The first kappa shape index (κ1) is 12.7. The molecule has 2 bridgehead atoms. The molecule has 2 fully saturated rings. The predicted molar refractivity (Wildman–Crippen MR) is 75.5 cm³/mol. The second kappa shape index (κ2) is 5.00. The number of benzene rings is 1. The standard InChI is InChI=1S/C14H17ClN2O2/c15-12-2-1-3-13(17(18)19)14(12)16-8-11-7-9-4-5-10(11)6-9/h1-3,9-11,16H,4-8H2. The van der Waals surface area contributed by atoms with Crippen LogP contribution in [0.2, 0.25) is 5.02 Å². The molecule has 2 aliphatic rings. The van der Waals surface area contributed by atoms with Crippen molar-refractivity contribution in [2.45, 2.75) is 25.7 Å². The van der Waals surface area contributed by atoms with Crippen LogP contribution >= 0.6 is 11.6 Å². The molecule has 3 rings (SSSR count). The van der Waals surface area contributed by atoms with Gasteiger partial charge >= 0.3 is 0 Å². The Balaban J connectivity index is 1.71. The SMILES string of the molecule is O=[N+]([O-])c1cccc(Cl)c1NCC1CC2CCC1C2. The van der Waals surface area contributed by atoms with E-state index in [0.29, 0.717) is 16.6 Å². The highest BCUT2D eigenvalue weighted by molar-refractivity contribution is 6.33. The van der Waals surface area contributed by atoms with E-state index in [1.165, 1.54) is 31.7 Å². The lowest BCUT2D eigenvalue weighted by atomic mass is 9.89. The molecule has 0 aromatic heterocycles. The van der Waals surface area contributed by atoms with Crippen molar-refractivity contribution in [1.82, 2.24) is 0 Å². The van der Waals surface area contributed by atoms with Crippen molar-refractivity contribution < 1.29 is 4.92 Å². The molecule has 0 radical (unpaired) electrons. The van der Waals surface area contributed by atoms with Gasteiger partial charge in [-0.15, -0.1) is 0 Å². The van der Waals surface area contributed by atoms with Gasteiger partial charge in [-0.2, -0.15) is 0 Å². The van der Waals surface area contributed by atoms with Gasteiger partial charge in [0.05, 0.1) is 9.95 Å². The highest BCUT2D eigenvalue weighted by Gasteiger charge is 2.39. The maximum Gasteiger partial charge on any atom is 0.293 e. The van der Waals surface area contributed by atoms with E-state index in [0.717, 1.165) is 18.4 Å². The van der Waals surface area contributed by atoms with E-state index < -0.39 is 0 Å². The summed E-state index contributed by atoms with van der Waals surface area (Å²) in [6.07, 6.45) is 5.29. The molecule has 5 heteroatoms. The van der Waals surface area contributed by atoms with Gasteiger partial charge in [-0.3, -0.25) is 10.1 Å². The minimum atomic E-state index is -0.380. The highest BCUT2D eigenvalue weighted by Crippen LogP contribution is 2.48. The van der Waals surface area contributed by atoms with Gasteiger partial charge in [-0.1, -0.05) is 24.1 Å². The Kier molecular flexibility index (Phi) is 3.35. The van der Waals surface area contributed by atoms with E-state index in [-0.39, 0.29) is 10.6 Å². The smallest absolute Gasteiger partial charge is 0.293 e. The normalized spacial score (nSPS) is 28.6. The van der Waals surface area contributed by atoms with Crippen molar-refractivity contribution in [3.8, 4) is 0 Å². The largest absolute Gasteiger partial charge is 0.378 e. The minimum Gasteiger partial charge on any atom is -0.378 e. The van der Waals surface area contributed by atoms with E-state index in [1.54, 1.807) is 12.1 Å². The molecule has 2 saturated carbocycles. The van der Waals surface area contributed by atoms with Crippen LogP contribution < -0.4 is 5.32 Å². The number of halogens is 1. The molecule has 0 spiro atoms. The van der Waals surface area contributed by atoms with E-state index in [9.17, 15) is 10.1 Å². The summed E-state index contributed by atoms with van der Waals surface area (Å²) in [7, 11) is 0. The van der Waals surface area contributed by atoms with Gasteiger partial charge < -0.3 is 5.32 Å². The van der Waals surface area contributed by atoms with E-state index >= 15 is 0 Å². The molecular weight excluding hydrogens is 264 g/mol. The Hall–Kier alpha value is -1.29. The fourth-order valence-corrected chi connectivity index (χ4v) is 3.94. The lowest BCUT2D eigenvalue weighted by molar-refractivity contribution is -0.383. The third-order valence-corrected chi connectivity index (χ3v) is 4.93. The van der Waals surface area contributed by atoms with Crippen LogP contribution in [0.15, 0.2) is 18.2 Å². The first-order valence-corrected chi connectivity index (χ1v) is 7.19. The molecule has 0 saturated heterocycles. The number of nitrogens with one attached hydrogen (secondary N) is 1. The number of fused-ring (bicyclic) bond motifs is 2. The van der Waals surface area contributed by atoms with Gasteiger partial charge in [0.25, 0.3) is 5.69 Å². The van der Waals surface area contributed by atoms with Gasteiger partial charge in [-0.05, 0) is 43.1 Å². The number of nitrogens with zero attached hydrogens (tertiary/aromatic N) is 1. The molecule has 19 heavy (non-hydrogen) atoms. The summed E-state index contributed by atoms with van der Waals surface area (Å²) in [5.74, 6) is 2.34. The van der Waals surface area contributed by atoms with E-state index in [2.05, 4.69) is 5.32 Å². The summed E-state index contributed by atoms with van der Waals surface area (Å²) < 4.78 is 0. The van der Waals surface area contributed by atoms with Gasteiger partial charge in [0.1, 0.15) is 5.69 Å². The monoisotopic (exact) mass is 280 g/mol. The first-order valence-electron chi connectivity index (χ1n) is 6.82. The molecule has 1 aromatic rings. The lowest BCUT2D eigenvalue weighted by Crippen LogP contribution is -2.20. The first-order chi connectivity index (χ1) is 9.15. The molecule has 0 amide bonds. The molecule has 1 aromatic carbocycles. The second-order valence-corrected chi connectivity index (χ2v) is 6.11. The van der Waals surface area contributed by atoms with Crippen molar-refractivity contribution in [2.24, 2.45) is 17.8 Å². The third kappa shape index (κ3) is 2.41. The van der Waals surface area contributed by atoms with Gasteiger partial charge in [0, 0.05) is 12.6 Å². The van der Waals surface area contributed by atoms with Crippen molar-refractivity contribution in [2.75, 3.05) is 11.9 Å². The zero-order valence-corrected chi connectivity index (χ0v) is 11.4. The van der Waals surface area contributed by atoms with E-state index in [1.807, 2.05) is 0 Å². The number of para-hydroxylation sites is 1. The summed E-state index contributed by atoms with van der Waals surface area (Å²) in [6.45, 7) is 0.797. The summed E-state index contributed by atoms with van der Waals surface area (Å²) in [6, 6.07) is 4.80. The number of anilines is 1. The Bertz CT molecular complexity index is 506. The number of hydrogen-bond acceptors (Lipinski definition) is 3. The van der Waals surface area contributed by atoms with Crippen LogP contribution in [0.5, 0.6) is 0 Å². The average Bonchev–Trinajstić information content (AvgIpc) is 2.99. The fraction of sp³-hybridized carbons (Fsp3) is 0.571. The van der Waals surface area contributed by atoms with Gasteiger partial charge in [0.2, 0.25) is 0 Å². The van der Waals surface area contributed by atoms with Crippen molar-refractivity contribution in [3.63, 3.8) is 0 Å². The molecule has 102 valence electrons. The average molecular weight is 281 g/mol. The molecule has 0 heterocycles. The van der Waals surface area contributed by atoms with Crippen molar-refractivity contribution >= 4 is 23.0 Å². The van der Waals surface area contributed by atoms with Crippen LogP contribution in [0, 0.1) is 27.9 Å². The topological polar surface area (TPSA) is 55.2 Å². The van der Waals surface area contributed by atoms with Crippen molar-refractivity contribution in [1.29, 1.82) is 0 Å². The molecular formula is C14H17ClN2O2. The number of hydrogen-bond donors (Lipinski definition) is 1. The van der Waals surface area contributed by atoms with Crippen LogP contribution in [0.4, 0.5) is 11.4 Å².